The van der Waals surface area contributed by atoms with Crippen molar-refractivity contribution in [3.8, 4) is 0 Å². The summed E-state index contributed by atoms with van der Waals surface area (Å²) in [6.45, 7) is 1.84. The lowest BCUT2D eigenvalue weighted by Crippen LogP contribution is -2.47. The van der Waals surface area contributed by atoms with Gasteiger partial charge in [-0.3, -0.25) is 0 Å². The van der Waals surface area contributed by atoms with Gasteiger partial charge in [0, 0.05) is 17.2 Å². The number of nitrogens with zero attached hydrogens (tertiary/aromatic N) is 3. The van der Waals surface area contributed by atoms with Gasteiger partial charge in [-0.05, 0) is 43.0 Å². The number of ether oxygens (including phenoxy) is 2. The molecule has 0 radical (unpaired) electrons. The third-order valence-corrected chi connectivity index (χ3v) is 7.54. The SMILES string of the molecule is COC(=O)C1=NN(c2ccc(Br)cc2)C2(S1)SC(C(=O)OC)=C(C)N2C. The first-order chi connectivity index (χ1) is 12.3. The van der Waals surface area contributed by atoms with Gasteiger partial charge in [0.1, 0.15) is 4.91 Å². The zero-order valence-electron chi connectivity index (χ0n) is 14.5. The first-order valence-corrected chi connectivity index (χ1v) is 9.90. The lowest BCUT2D eigenvalue weighted by molar-refractivity contribution is -0.135. The molecule has 1 atom stereocenters. The number of benzene rings is 1. The van der Waals surface area contributed by atoms with Crippen LogP contribution in [0.25, 0.3) is 0 Å². The van der Waals surface area contributed by atoms with E-state index in [0.717, 1.165) is 15.9 Å². The number of hydrogen-bond donors (Lipinski definition) is 0. The molecular weight excluding hydrogens is 442 g/mol. The van der Waals surface area contributed by atoms with E-state index >= 15 is 0 Å². The largest absolute Gasteiger partial charge is 0.465 e. The third kappa shape index (κ3) is 2.99. The number of carbonyl (C=O) groups is 2. The van der Waals surface area contributed by atoms with Crippen LogP contribution in [0.1, 0.15) is 6.92 Å². The summed E-state index contributed by atoms with van der Waals surface area (Å²) < 4.78 is 9.81. The molecule has 0 saturated carbocycles. The maximum atomic E-state index is 12.2. The second-order valence-electron chi connectivity index (χ2n) is 5.40. The first kappa shape index (κ1) is 19.1. The van der Waals surface area contributed by atoms with Crippen LogP contribution in [0.3, 0.4) is 0 Å². The van der Waals surface area contributed by atoms with Crippen molar-refractivity contribution >= 4 is 62.1 Å². The fourth-order valence-corrected chi connectivity index (χ4v) is 5.70. The van der Waals surface area contributed by atoms with E-state index in [9.17, 15) is 9.59 Å². The number of halogens is 1. The highest BCUT2D eigenvalue weighted by molar-refractivity contribution is 9.10. The number of hydrogen-bond acceptors (Lipinski definition) is 9. The maximum absolute atomic E-state index is 12.2. The molecule has 0 aliphatic carbocycles. The topological polar surface area (TPSA) is 71.4 Å². The van der Waals surface area contributed by atoms with Gasteiger partial charge in [0.05, 0.1) is 19.9 Å². The van der Waals surface area contributed by atoms with Gasteiger partial charge >= 0.3 is 11.9 Å². The zero-order chi connectivity index (χ0) is 19.1. The van der Waals surface area contributed by atoms with Crippen molar-refractivity contribution in [1.29, 1.82) is 0 Å². The molecule has 1 unspecified atom stereocenters. The minimum absolute atomic E-state index is 0.216. The van der Waals surface area contributed by atoms with Gasteiger partial charge in [0.25, 0.3) is 0 Å². The summed E-state index contributed by atoms with van der Waals surface area (Å²) in [5, 5.41) is 6.42. The second-order valence-corrected chi connectivity index (χ2v) is 8.92. The van der Waals surface area contributed by atoms with Gasteiger partial charge in [-0.1, -0.05) is 27.7 Å². The average molecular weight is 458 g/mol. The molecule has 2 heterocycles. The van der Waals surface area contributed by atoms with Crippen LogP contribution >= 0.6 is 39.5 Å². The molecule has 0 aromatic heterocycles. The van der Waals surface area contributed by atoms with E-state index in [4.69, 9.17) is 9.47 Å². The van der Waals surface area contributed by atoms with E-state index < -0.39 is 16.3 Å². The van der Waals surface area contributed by atoms with Crippen molar-refractivity contribution in [2.75, 3.05) is 26.3 Å². The molecule has 3 rings (SSSR count). The van der Waals surface area contributed by atoms with Crippen molar-refractivity contribution in [2.24, 2.45) is 5.10 Å². The summed E-state index contributed by atoms with van der Waals surface area (Å²) in [7, 11) is 4.51. The molecule has 0 saturated heterocycles. The standard InChI is InChI=1S/C16H16BrN3O4S2/c1-9-12(14(21)23-3)25-16(19(9)2)20(11-7-5-10(17)6-8-11)18-13(26-16)15(22)24-4/h5-8H,1-4H3. The second kappa shape index (κ2) is 7.16. The summed E-state index contributed by atoms with van der Waals surface area (Å²) >= 11 is 5.94. The van der Waals surface area contributed by atoms with Crippen LogP contribution in [0.2, 0.25) is 0 Å². The predicted octanol–water partition coefficient (Wildman–Crippen LogP) is 3.18. The smallest absolute Gasteiger partial charge is 0.365 e. The molecule has 2 aliphatic rings. The van der Waals surface area contributed by atoms with Crippen LogP contribution in [0.4, 0.5) is 5.69 Å². The molecule has 0 N–H and O–H groups in total. The summed E-state index contributed by atoms with van der Waals surface area (Å²) in [5.74, 6) is -0.939. The summed E-state index contributed by atoms with van der Waals surface area (Å²) in [6.07, 6.45) is 0. The maximum Gasteiger partial charge on any atom is 0.365 e. The molecule has 10 heteroatoms. The van der Waals surface area contributed by atoms with Crippen LogP contribution in [0, 0.1) is 0 Å². The number of anilines is 1. The highest BCUT2D eigenvalue weighted by atomic mass is 79.9. The Morgan fingerprint density at radius 3 is 2.31 bits per heavy atom. The van der Waals surface area contributed by atoms with E-state index in [-0.39, 0.29) is 5.04 Å². The molecule has 2 aliphatic heterocycles. The lowest BCUT2D eigenvalue weighted by Gasteiger charge is -2.39. The van der Waals surface area contributed by atoms with Crippen molar-refractivity contribution in [1.82, 2.24) is 4.90 Å². The number of allylic oxidation sites excluding steroid dienone is 1. The van der Waals surface area contributed by atoms with Gasteiger partial charge < -0.3 is 14.4 Å². The third-order valence-electron chi connectivity index (χ3n) is 3.98. The first-order valence-electron chi connectivity index (χ1n) is 7.48. The Labute approximate surface area is 167 Å². The highest BCUT2D eigenvalue weighted by Crippen LogP contribution is 2.58. The van der Waals surface area contributed by atoms with Crippen LogP contribution in [-0.4, -0.2) is 47.5 Å². The number of thioether (sulfide) groups is 2. The number of rotatable bonds is 3. The molecule has 138 valence electrons. The number of esters is 2. The van der Waals surface area contributed by atoms with Crippen molar-refractivity contribution in [3.05, 3.63) is 39.3 Å². The average Bonchev–Trinajstić information content (AvgIpc) is 3.15. The van der Waals surface area contributed by atoms with Crippen molar-refractivity contribution in [2.45, 2.75) is 11.3 Å². The normalized spacial score (nSPS) is 22.1. The van der Waals surface area contributed by atoms with E-state index in [2.05, 4.69) is 21.0 Å². The molecule has 0 bridgehead atoms. The van der Waals surface area contributed by atoms with Crippen molar-refractivity contribution < 1.29 is 19.1 Å². The molecule has 1 aromatic rings. The Morgan fingerprint density at radius 1 is 1.12 bits per heavy atom. The quantitative estimate of drug-likeness (QED) is 0.640. The monoisotopic (exact) mass is 457 g/mol. The van der Waals surface area contributed by atoms with Gasteiger partial charge in [-0.15, -0.1) is 0 Å². The molecule has 26 heavy (non-hydrogen) atoms. The van der Waals surface area contributed by atoms with Crippen LogP contribution in [0.15, 0.2) is 44.4 Å². The van der Waals surface area contributed by atoms with Crippen molar-refractivity contribution in [3.63, 3.8) is 0 Å². The van der Waals surface area contributed by atoms with Gasteiger partial charge in [0.15, 0.2) is 0 Å². The molecule has 7 nitrogen and oxygen atoms in total. The Bertz CT molecular complexity index is 827. The Kier molecular flexibility index (Phi) is 5.27. The minimum atomic E-state index is -0.856. The molecule has 0 fully saturated rings. The summed E-state index contributed by atoms with van der Waals surface area (Å²) in [5.41, 5.74) is 1.52. The fourth-order valence-electron chi connectivity index (χ4n) is 2.51. The number of carbonyl (C=O) groups excluding carboxylic acids is 2. The van der Waals surface area contributed by atoms with Gasteiger partial charge in [-0.2, -0.15) is 5.10 Å². The minimum Gasteiger partial charge on any atom is -0.465 e. The van der Waals surface area contributed by atoms with Crippen LogP contribution in [-0.2, 0) is 19.1 Å². The summed E-state index contributed by atoms with van der Waals surface area (Å²) in [6, 6.07) is 7.55. The molecule has 0 amide bonds. The Hall–Kier alpha value is -1.65. The van der Waals surface area contributed by atoms with E-state index in [0.29, 0.717) is 4.91 Å². The lowest BCUT2D eigenvalue weighted by atomic mass is 10.3. The van der Waals surface area contributed by atoms with E-state index in [1.54, 1.807) is 5.01 Å². The highest BCUT2D eigenvalue weighted by Gasteiger charge is 2.56. The Balaban J connectivity index is 2.06. The molecule has 1 spiro atoms. The van der Waals surface area contributed by atoms with Crippen LogP contribution in [0.5, 0.6) is 0 Å². The summed E-state index contributed by atoms with van der Waals surface area (Å²) in [4.78, 5) is 26.7. The molecular formula is C16H16BrN3O4S2. The zero-order valence-corrected chi connectivity index (χ0v) is 17.7. The van der Waals surface area contributed by atoms with E-state index in [1.165, 1.54) is 37.7 Å². The predicted molar refractivity (Wildman–Crippen MR) is 106 cm³/mol. The van der Waals surface area contributed by atoms with E-state index in [1.807, 2.05) is 43.1 Å². The molecule has 1 aromatic carbocycles. The number of methoxy groups -OCH3 is 2. The van der Waals surface area contributed by atoms with Gasteiger partial charge in [-0.25, -0.2) is 14.6 Å². The number of hydrazone groups is 1. The van der Waals surface area contributed by atoms with Gasteiger partial charge in [0.2, 0.25) is 9.37 Å². The fraction of sp³-hybridized carbons (Fsp3) is 0.312. The Morgan fingerprint density at radius 2 is 1.73 bits per heavy atom. The van der Waals surface area contributed by atoms with Crippen LogP contribution < -0.4 is 5.01 Å².